The first-order chi connectivity index (χ1) is 14.4. The van der Waals surface area contributed by atoms with Gasteiger partial charge in [-0.05, 0) is 68.9 Å². The van der Waals surface area contributed by atoms with Crippen molar-refractivity contribution in [2.45, 2.75) is 51.6 Å². The molecule has 0 spiro atoms. The van der Waals surface area contributed by atoms with Crippen LogP contribution in [0.25, 0.3) is 0 Å². The number of anilines is 1. The molecule has 3 aliphatic rings. The number of amidine groups is 1. The van der Waals surface area contributed by atoms with Crippen molar-refractivity contribution < 1.29 is 5.11 Å². The summed E-state index contributed by atoms with van der Waals surface area (Å²) in [5.41, 5.74) is 3.61. The number of aromatic hydroxyl groups is 1. The quantitative estimate of drug-likeness (QED) is 0.650. The molecule has 1 saturated heterocycles. The first-order valence-corrected chi connectivity index (χ1v) is 10.7. The van der Waals surface area contributed by atoms with E-state index >= 15 is 0 Å². The molecule has 2 fully saturated rings. The third kappa shape index (κ3) is 3.38. The molecule has 2 N–H and O–H groups in total. The van der Waals surface area contributed by atoms with Crippen LogP contribution < -0.4 is 4.90 Å². The average Bonchev–Trinajstić information content (AvgIpc) is 2.97. The molecule has 30 heavy (non-hydrogen) atoms. The number of hydrogen-bond acceptors (Lipinski definition) is 5. The van der Waals surface area contributed by atoms with E-state index in [9.17, 15) is 5.11 Å². The second kappa shape index (κ2) is 7.98. The van der Waals surface area contributed by atoms with Crippen molar-refractivity contribution in [3.63, 3.8) is 0 Å². The van der Waals surface area contributed by atoms with Gasteiger partial charge in [0.25, 0.3) is 0 Å². The van der Waals surface area contributed by atoms with Crippen LogP contribution in [-0.2, 0) is 0 Å². The number of phenols is 1. The lowest BCUT2D eigenvalue weighted by atomic mass is 9.77. The number of hydrogen-bond donors (Lipinski definition) is 2. The minimum atomic E-state index is -0.273. The van der Waals surface area contributed by atoms with Gasteiger partial charge in [-0.1, -0.05) is 37.8 Å². The van der Waals surface area contributed by atoms with E-state index < -0.39 is 0 Å². The second-order valence-corrected chi connectivity index (χ2v) is 8.22. The fraction of sp³-hybridized carbons (Fsp3) is 0.360. The van der Waals surface area contributed by atoms with Crippen LogP contribution in [0.15, 0.2) is 77.7 Å². The van der Waals surface area contributed by atoms with Gasteiger partial charge in [-0.2, -0.15) is 0 Å². The number of benzene rings is 1. The van der Waals surface area contributed by atoms with Crippen molar-refractivity contribution in [3.8, 4) is 5.75 Å². The monoisotopic (exact) mass is 402 g/mol. The highest BCUT2D eigenvalue weighted by molar-refractivity contribution is 6.16. The molecule has 3 unspecified atom stereocenters. The number of phenolic OH excluding ortho intramolecular Hbond substituents is 1. The normalized spacial score (nSPS) is 26.3. The van der Waals surface area contributed by atoms with E-state index in [1.165, 1.54) is 0 Å². The molecular weight excluding hydrogens is 372 g/mol. The zero-order valence-electron chi connectivity index (χ0n) is 17.8. The Morgan fingerprint density at radius 1 is 1.27 bits per heavy atom. The summed E-state index contributed by atoms with van der Waals surface area (Å²) in [7, 11) is 0. The Morgan fingerprint density at radius 2 is 2.00 bits per heavy atom. The molecule has 1 aromatic carbocycles. The Morgan fingerprint density at radius 3 is 2.60 bits per heavy atom. The minimum Gasteiger partial charge on any atom is -0.508 e. The van der Waals surface area contributed by atoms with Crippen LogP contribution in [0.1, 0.15) is 39.5 Å². The molecule has 2 heterocycles. The highest BCUT2D eigenvalue weighted by Crippen LogP contribution is 2.42. The fourth-order valence-corrected chi connectivity index (χ4v) is 4.40. The summed E-state index contributed by atoms with van der Waals surface area (Å²) in [5.74, 6) is 2.34. The van der Waals surface area contributed by atoms with Crippen molar-refractivity contribution in [2.75, 3.05) is 4.90 Å². The van der Waals surface area contributed by atoms with E-state index in [0.29, 0.717) is 11.6 Å². The Balaban J connectivity index is 1.81. The number of nitrogens with zero attached hydrogens (tertiary/aromatic N) is 3. The minimum absolute atomic E-state index is 0.221. The molecule has 2 aliphatic heterocycles. The van der Waals surface area contributed by atoms with Gasteiger partial charge in [0.2, 0.25) is 0 Å². The largest absolute Gasteiger partial charge is 0.508 e. The Labute approximate surface area is 178 Å². The van der Waals surface area contributed by atoms with E-state index in [2.05, 4.69) is 42.0 Å². The van der Waals surface area contributed by atoms with E-state index in [1.807, 2.05) is 25.1 Å². The highest BCUT2D eigenvalue weighted by atomic mass is 16.3. The summed E-state index contributed by atoms with van der Waals surface area (Å²) < 4.78 is 0. The summed E-state index contributed by atoms with van der Waals surface area (Å²) >= 11 is 0. The summed E-state index contributed by atoms with van der Waals surface area (Å²) in [6, 6.07) is 7.11. The van der Waals surface area contributed by atoms with Gasteiger partial charge >= 0.3 is 0 Å². The zero-order chi connectivity index (χ0) is 21.4. The van der Waals surface area contributed by atoms with Gasteiger partial charge in [-0.25, -0.2) is 0 Å². The van der Waals surface area contributed by atoms with Gasteiger partial charge in [0, 0.05) is 17.1 Å². The van der Waals surface area contributed by atoms with E-state index in [-0.39, 0.29) is 17.8 Å². The van der Waals surface area contributed by atoms with Gasteiger partial charge in [0.15, 0.2) is 0 Å². The molecule has 5 nitrogen and oxygen atoms in total. The number of aliphatic imine (C=N–C) groups is 1. The maximum atomic E-state index is 9.75. The zero-order valence-corrected chi connectivity index (χ0v) is 17.8. The topological polar surface area (TPSA) is 62.9 Å². The predicted molar refractivity (Wildman–Crippen MR) is 124 cm³/mol. The lowest BCUT2D eigenvalue weighted by Gasteiger charge is -2.33. The summed E-state index contributed by atoms with van der Waals surface area (Å²) in [6.45, 7) is 12.6. The first-order valence-electron chi connectivity index (χ1n) is 10.7. The van der Waals surface area contributed by atoms with Gasteiger partial charge in [0.05, 0.1) is 6.04 Å². The van der Waals surface area contributed by atoms with Crippen molar-refractivity contribution in [3.05, 3.63) is 72.7 Å². The van der Waals surface area contributed by atoms with Crippen molar-refractivity contribution >= 4 is 17.2 Å². The lowest BCUT2D eigenvalue weighted by molar-refractivity contribution is 0.268. The Hall–Kier alpha value is -3.08. The third-order valence-corrected chi connectivity index (χ3v) is 6.38. The molecule has 0 amide bonds. The molecule has 1 saturated carbocycles. The number of fused-ring (bicyclic) bond motifs is 2. The Kier molecular flexibility index (Phi) is 5.37. The van der Waals surface area contributed by atoms with E-state index in [4.69, 9.17) is 10.4 Å². The standard InChI is InChI=1S/C25H30N4O/c1-5-16(3)7-9-19(6-2)29-17(4)28(20-10-12-21(30)13-11-20)24-22(26)15-18-8-14-23(18)27-25(24)29/h6-7,9-13,18,23-24,26,30H,3-5,8,14-15H2,1-2H3. The summed E-state index contributed by atoms with van der Waals surface area (Å²) in [5, 5.41) is 18.7. The van der Waals surface area contributed by atoms with Crippen LogP contribution in [0, 0.1) is 11.3 Å². The van der Waals surface area contributed by atoms with Crippen LogP contribution in [0.5, 0.6) is 5.75 Å². The first kappa shape index (κ1) is 20.2. The van der Waals surface area contributed by atoms with Gasteiger partial charge in [-0.3, -0.25) is 9.89 Å². The summed E-state index contributed by atoms with van der Waals surface area (Å²) in [6.07, 6.45) is 10.0. The van der Waals surface area contributed by atoms with Crippen molar-refractivity contribution in [1.82, 2.24) is 4.90 Å². The third-order valence-electron chi connectivity index (χ3n) is 6.38. The molecule has 1 aromatic rings. The lowest BCUT2D eigenvalue weighted by Crippen LogP contribution is -2.39. The average molecular weight is 403 g/mol. The molecule has 4 rings (SSSR count). The maximum Gasteiger partial charge on any atom is 0.139 e. The molecule has 156 valence electrons. The maximum absolute atomic E-state index is 9.75. The molecule has 0 aromatic heterocycles. The summed E-state index contributed by atoms with van der Waals surface area (Å²) in [4.78, 5) is 9.32. The van der Waals surface area contributed by atoms with Crippen LogP contribution in [-0.4, -0.2) is 33.6 Å². The van der Waals surface area contributed by atoms with Crippen LogP contribution in [0.3, 0.4) is 0 Å². The SMILES string of the molecule is C=C(C=CC(=CC)N1C(=C)N(c2ccc(O)cc2)C2C(=N)CC3CCC3N=C21)CC. The van der Waals surface area contributed by atoms with Crippen molar-refractivity contribution in [1.29, 1.82) is 5.41 Å². The molecule has 0 radical (unpaired) electrons. The van der Waals surface area contributed by atoms with Crippen LogP contribution in [0.2, 0.25) is 0 Å². The second-order valence-electron chi connectivity index (χ2n) is 8.22. The van der Waals surface area contributed by atoms with Gasteiger partial charge < -0.3 is 15.4 Å². The van der Waals surface area contributed by atoms with Crippen LogP contribution >= 0.6 is 0 Å². The van der Waals surface area contributed by atoms with E-state index in [0.717, 1.165) is 54.3 Å². The Bertz CT molecular complexity index is 969. The number of rotatable bonds is 5. The fourth-order valence-electron chi connectivity index (χ4n) is 4.40. The molecule has 3 atom stereocenters. The number of nitrogens with one attached hydrogen (secondary N) is 1. The molecular formula is C25H30N4O. The molecule has 1 aliphatic carbocycles. The molecule has 5 heteroatoms. The van der Waals surface area contributed by atoms with Gasteiger partial charge in [-0.15, -0.1) is 0 Å². The smallest absolute Gasteiger partial charge is 0.139 e. The molecule has 0 bridgehead atoms. The van der Waals surface area contributed by atoms with E-state index in [1.54, 1.807) is 12.1 Å². The van der Waals surface area contributed by atoms with Gasteiger partial charge in [0.1, 0.15) is 23.4 Å². The van der Waals surface area contributed by atoms with Crippen molar-refractivity contribution in [2.24, 2.45) is 10.9 Å². The van der Waals surface area contributed by atoms with Crippen LogP contribution in [0.4, 0.5) is 5.69 Å². The predicted octanol–water partition coefficient (Wildman–Crippen LogP) is 5.38. The number of allylic oxidation sites excluding steroid dienone is 4. The highest BCUT2D eigenvalue weighted by Gasteiger charge is 2.48.